The van der Waals surface area contributed by atoms with Crippen molar-refractivity contribution < 1.29 is 9.59 Å². The fraction of sp³-hybridized carbons (Fsp3) is 0.867. The molecule has 2 rings (SSSR count). The van der Waals surface area contributed by atoms with Crippen molar-refractivity contribution in [2.75, 3.05) is 6.54 Å². The summed E-state index contributed by atoms with van der Waals surface area (Å²) in [5, 5.41) is 2.87. The molecule has 19 heavy (non-hydrogen) atoms. The van der Waals surface area contributed by atoms with Crippen LogP contribution in [-0.2, 0) is 9.59 Å². The molecule has 0 aromatic heterocycles. The third-order valence-corrected chi connectivity index (χ3v) is 4.94. The lowest BCUT2D eigenvalue weighted by atomic mass is 9.91. The molecule has 0 bridgehead atoms. The van der Waals surface area contributed by atoms with Crippen molar-refractivity contribution in [3.05, 3.63) is 0 Å². The predicted octanol–water partition coefficient (Wildman–Crippen LogP) is 2.08. The molecule has 0 radical (unpaired) electrons. The number of nitrogens with zero attached hydrogens (tertiary/aromatic N) is 1. The van der Waals surface area contributed by atoms with Crippen LogP contribution in [0.1, 0.15) is 59.3 Å². The summed E-state index contributed by atoms with van der Waals surface area (Å²) < 4.78 is 0. The molecular weight excluding hydrogens is 240 g/mol. The highest BCUT2D eigenvalue weighted by atomic mass is 16.2. The van der Waals surface area contributed by atoms with Gasteiger partial charge in [-0.15, -0.1) is 0 Å². The molecule has 1 aliphatic heterocycles. The van der Waals surface area contributed by atoms with E-state index in [1.54, 1.807) is 4.90 Å². The molecule has 4 nitrogen and oxygen atoms in total. The first kappa shape index (κ1) is 14.4. The van der Waals surface area contributed by atoms with E-state index in [2.05, 4.69) is 5.32 Å². The molecule has 2 unspecified atom stereocenters. The smallest absolute Gasteiger partial charge is 0.248 e. The van der Waals surface area contributed by atoms with Crippen LogP contribution < -0.4 is 5.32 Å². The topological polar surface area (TPSA) is 49.4 Å². The van der Waals surface area contributed by atoms with E-state index in [1.807, 2.05) is 20.8 Å². The molecule has 2 amide bonds. The van der Waals surface area contributed by atoms with Gasteiger partial charge >= 0.3 is 0 Å². The van der Waals surface area contributed by atoms with Gasteiger partial charge in [0.15, 0.2) is 0 Å². The van der Waals surface area contributed by atoms with E-state index in [4.69, 9.17) is 0 Å². The summed E-state index contributed by atoms with van der Waals surface area (Å²) in [6.07, 6.45) is 6.90. The van der Waals surface area contributed by atoms with Gasteiger partial charge in [0.1, 0.15) is 11.6 Å². The van der Waals surface area contributed by atoms with Crippen molar-refractivity contribution in [3.8, 4) is 0 Å². The van der Waals surface area contributed by atoms with Gasteiger partial charge in [-0.2, -0.15) is 0 Å². The number of hydrogen-bond acceptors (Lipinski definition) is 2. The number of rotatable bonds is 4. The molecule has 2 fully saturated rings. The minimum Gasteiger partial charge on any atom is -0.340 e. The van der Waals surface area contributed by atoms with Crippen molar-refractivity contribution in [2.24, 2.45) is 5.92 Å². The van der Waals surface area contributed by atoms with Crippen LogP contribution in [0.15, 0.2) is 0 Å². The van der Waals surface area contributed by atoms with Crippen molar-refractivity contribution in [1.29, 1.82) is 0 Å². The van der Waals surface area contributed by atoms with Gasteiger partial charge in [0.05, 0.1) is 0 Å². The summed E-state index contributed by atoms with van der Waals surface area (Å²) in [5.74, 6) is 0.813. The fourth-order valence-electron chi connectivity index (χ4n) is 3.22. The van der Waals surface area contributed by atoms with Crippen LogP contribution in [0.2, 0.25) is 0 Å². The molecule has 1 saturated carbocycles. The van der Waals surface area contributed by atoms with Crippen LogP contribution in [-0.4, -0.2) is 34.8 Å². The van der Waals surface area contributed by atoms with E-state index >= 15 is 0 Å². The van der Waals surface area contributed by atoms with Crippen LogP contribution in [0.5, 0.6) is 0 Å². The minimum absolute atomic E-state index is 0.0182. The maximum absolute atomic E-state index is 12.6. The van der Waals surface area contributed by atoms with Crippen molar-refractivity contribution in [2.45, 2.75) is 70.9 Å². The molecule has 1 N–H and O–H groups in total. The molecule has 0 spiro atoms. The normalized spacial score (nSPS) is 32.8. The molecule has 1 saturated heterocycles. The second kappa shape index (κ2) is 5.51. The van der Waals surface area contributed by atoms with E-state index in [-0.39, 0.29) is 17.9 Å². The van der Waals surface area contributed by atoms with E-state index in [0.717, 1.165) is 18.9 Å². The lowest BCUT2D eigenvalue weighted by molar-refractivity contribution is -0.153. The Morgan fingerprint density at radius 3 is 2.53 bits per heavy atom. The quantitative estimate of drug-likeness (QED) is 0.847. The van der Waals surface area contributed by atoms with Gasteiger partial charge in [-0.1, -0.05) is 32.6 Å². The van der Waals surface area contributed by atoms with Gasteiger partial charge in [-0.3, -0.25) is 9.59 Å². The van der Waals surface area contributed by atoms with Gasteiger partial charge in [0, 0.05) is 6.54 Å². The van der Waals surface area contributed by atoms with Crippen molar-refractivity contribution in [3.63, 3.8) is 0 Å². The first-order valence-corrected chi connectivity index (χ1v) is 7.61. The SMILES string of the molecule is CCC1(C)NC(=O)C(C)N(CCC2CCCC2)C1=O. The van der Waals surface area contributed by atoms with E-state index in [1.165, 1.54) is 25.7 Å². The van der Waals surface area contributed by atoms with Crippen LogP contribution in [0.3, 0.4) is 0 Å². The fourth-order valence-corrected chi connectivity index (χ4v) is 3.22. The number of nitrogens with one attached hydrogen (secondary N) is 1. The highest BCUT2D eigenvalue weighted by Gasteiger charge is 2.45. The average molecular weight is 266 g/mol. The predicted molar refractivity (Wildman–Crippen MR) is 74.6 cm³/mol. The van der Waals surface area contributed by atoms with Crippen molar-refractivity contribution >= 4 is 11.8 Å². The Kier molecular flexibility index (Phi) is 4.16. The molecular formula is C15H26N2O2. The molecule has 4 heteroatoms. The molecule has 2 aliphatic rings. The Balaban J connectivity index is 2.02. The summed E-state index contributed by atoms with van der Waals surface area (Å²) in [7, 11) is 0. The van der Waals surface area contributed by atoms with E-state index < -0.39 is 5.54 Å². The third kappa shape index (κ3) is 2.77. The first-order valence-electron chi connectivity index (χ1n) is 7.61. The molecule has 1 aliphatic carbocycles. The molecule has 0 aromatic carbocycles. The summed E-state index contributed by atoms with van der Waals surface area (Å²) in [6.45, 7) is 6.34. The Bertz CT molecular complexity index is 363. The Hall–Kier alpha value is -1.06. The van der Waals surface area contributed by atoms with Gasteiger partial charge in [0.25, 0.3) is 0 Å². The summed E-state index contributed by atoms with van der Waals surface area (Å²) in [5.41, 5.74) is -0.709. The van der Waals surface area contributed by atoms with Crippen LogP contribution in [0.25, 0.3) is 0 Å². The average Bonchev–Trinajstić information content (AvgIpc) is 2.90. The van der Waals surface area contributed by atoms with Crippen LogP contribution in [0.4, 0.5) is 0 Å². The van der Waals surface area contributed by atoms with E-state index in [9.17, 15) is 9.59 Å². The van der Waals surface area contributed by atoms with Gasteiger partial charge in [-0.05, 0) is 32.6 Å². The Labute approximate surface area is 115 Å². The monoisotopic (exact) mass is 266 g/mol. The third-order valence-electron chi connectivity index (χ3n) is 4.94. The second-order valence-electron chi connectivity index (χ2n) is 6.29. The standard InChI is InChI=1S/C15H26N2O2/c1-4-15(3)14(19)17(11(2)13(18)16-15)10-9-12-7-5-6-8-12/h11-12H,4-10H2,1-3H3,(H,16,18). The maximum atomic E-state index is 12.6. The Morgan fingerprint density at radius 2 is 1.95 bits per heavy atom. The summed E-state index contributed by atoms with van der Waals surface area (Å²) in [4.78, 5) is 26.4. The lowest BCUT2D eigenvalue weighted by Crippen LogP contribution is -2.68. The second-order valence-corrected chi connectivity index (χ2v) is 6.29. The number of amides is 2. The van der Waals surface area contributed by atoms with Gasteiger partial charge in [-0.25, -0.2) is 0 Å². The highest BCUT2D eigenvalue weighted by molar-refractivity contribution is 5.99. The summed E-state index contributed by atoms with van der Waals surface area (Å²) >= 11 is 0. The number of piperazine rings is 1. The Morgan fingerprint density at radius 1 is 1.32 bits per heavy atom. The van der Waals surface area contributed by atoms with Gasteiger partial charge in [0.2, 0.25) is 11.8 Å². The van der Waals surface area contributed by atoms with Crippen LogP contribution >= 0.6 is 0 Å². The molecule has 0 aromatic rings. The molecule has 1 heterocycles. The van der Waals surface area contributed by atoms with Crippen LogP contribution in [0, 0.1) is 5.92 Å². The minimum atomic E-state index is -0.709. The molecule has 108 valence electrons. The first-order chi connectivity index (χ1) is 8.98. The number of hydrogen-bond donors (Lipinski definition) is 1. The zero-order chi connectivity index (χ0) is 14.0. The van der Waals surface area contributed by atoms with Gasteiger partial charge < -0.3 is 10.2 Å². The number of carbonyl (C=O) groups is 2. The lowest BCUT2D eigenvalue weighted by Gasteiger charge is -2.43. The summed E-state index contributed by atoms with van der Waals surface area (Å²) in [6, 6.07) is -0.325. The molecule has 2 atom stereocenters. The zero-order valence-electron chi connectivity index (χ0n) is 12.4. The number of carbonyl (C=O) groups excluding carboxylic acids is 2. The van der Waals surface area contributed by atoms with E-state index in [0.29, 0.717) is 6.42 Å². The van der Waals surface area contributed by atoms with Crippen molar-refractivity contribution in [1.82, 2.24) is 10.2 Å². The maximum Gasteiger partial charge on any atom is 0.248 e. The highest BCUT2D eigenvalue weighted by Crippen LogP contribution is 2.29. The largest absolute Gasteiger partial charge is 0.340 e. The zero-order valence-corrected chi connectivity index (χ0v) is 12.4.